The summed E-state index contributed by atoms with van der Waals surface area (Å²) in [6.07, 6.45) is 10.5. The first-order chi connectivity index (χ1) is 12.2. The molecule has 0 amide bonds. The molecule has 0 aromatic carbocycles. The Morgan fingerprint density at radius 1 is 1.15 bits per heavy atom. The first kappa shape index (κ1) is 20.8. The van der Waals surface area contributed by atoms with E-state index in [0.717, 1.165) is 51.4 Å². The lowest BCUT2D eigenvalue weighted by atomic mass is 9.47. The van der Waals surface area contributed by atoms with Crippen LogP contribution in [0.15, 0.2) is 11.6 Å². The van der Waals surface area contributed by atoms with Gasteiger partial charge in [-0.25, -0.2) is 0 Å². The lowest BCUT2D eigenvalue weighted by Gasteiger charge is -2.59. The largest absolute Gasteiger partial charge is 0.481 e. The van der Waals surface area contributed by atoms with Gasteiger partial charge in [0.25, 0.3) is 0 Å². The molecule has 6 N–H and O–H groups in total. The number of aliphatic carboxylic acids is 1. The molecule has 5 heteroatoms. The van der Waals surface area contributed by atoms with Crippen molar-refractivity contribution in [3.8, 4) is 0 Å². The van der Waals surface area contributed by atoms with Gasteiger partial charge in [0.15, 0.2) is 0 Å². The molecule has 4 aliphatic rings. The number of aliphatic hydroxyl groups is 2. The third-order valence-electron chi connectivity index (χ3n) is 9.15. The molecule has 3 saturated carbocycles. The van der Waals surface area contributed by atoms with Crippen LogP contribution in [0.3, 0.4) is 0 Å². The van der Waals surface area contributed by atoms with Crippen molar-refractivity contribution in [2.24, 2.45) is 28.6 Å². The van der Waals surface area contributed by atoms with Gasteiger partial charge >= 0.3 is 5.97 Å². The molecular formula is C22H37NO4. The lowest BCUT2D eigenvalue weighted by Crippen LogP contribution is -2.54. The minimum atomic E-state index is -0.825. The number of carboxylic acid groups (broad SMARTS) is 1. The second kappa shape index (κ2) is 6.85. The number of hydrogen-bond donors (Lipinski definition) is 4. The highest BCUT2D eigenvalue weighted by Crippen LogP contribution is 2.67. The predicted molar refractivity (Wildman–Crippen MR) is 105 cm³/mol. The second-order valence-electron chi connectivity index (χ2n) is 10.1. The van der Waals surface area contributed by atoms with Crippen molar-refractivity contribution in [2.75, 3.05) is 0 Å². The number of aliphatic hydroxyl groups excluding tert-OH is 1. The van der Waals surface area contributed by atoms with E-state index in [2.05, 4.69) is 19.9 Å². The molecule has 4 aliphatic carbocycles. The summed E-state index contributed by atoms with van der Waals surface area (Å²) in [6.45, 7) is 4.64. The Labute approximate surface area is 162 Å². The standard InChI is InChI=1S/C22H34O4.H3N/c1-20-9-5-15(23)13-14(20)3-4-16-17(20)6-10-21(2)18(16)7-11-22(21,26)12-8-19(24)25;/h3,15-18,23,26H,4-13H2,1-2H3,(H,24,25);1H3/t15-,16+,17-,18-,20-,21-,22+;/m0./s1. The molecule has 154 valence electrons. The molecule has 0 bridgehead atoms. The number of fused-ring (bicyclic) bond motifs is 5. The molecule has 4 rings (SSSR count). The topological polar surface area (TPSA) is 113 Å². The summed E-state index contributed by atoms with van der Waals surface area (Å²) in [5.41, 5.74) is 0.708. The zero-order chi connectivity index (χ0) is 18.7. The monoisotopic (exact) mass is 379 g/mol. The van der Waals surface area contributed by atoms with Crippen LogP contribution in [-0.2, 0) is 4.79 Å². The fraction of sp³-hybridized carbons (Fsp3) is 0.864. The number of carboxylic acids is 1. The Kier molecular flexibility index (Phi) is 5.28. The number of carbonyl (C=O) groups is 1. The van der Waals surface area contributed by atoms with Crippen LogP contribution < -0.4 is 6.15 Å². The van der Waals surface area contributed by atoms with Crippen LogP contribution in [0.5, 0.6) is 0 Å². The second-order valence-corrected chi connectivity index (χ2v) is 10.1. The summed E-state index contributed by atoms with van der Waals surface area (Å²) >= 11 is 0. The van der Waals surface area contributed by atoms with E-state index in [0.29, 0.717) is 24.2 Å². The maximum atomic E-state index is 11.4. The van der Waals surface area contributed by atoms with E-state index in [9.17, 15) is 15.0 Å². The van der Waals surface area contributed by atoms with Crippen molar-refractivity contribution in [3.05, 3.63) is 11.6 Å². The summed E-state index contributed by atoms with van der Waals surface area (Å²) in [6, 6.07) is 0. The highest BCUT2D eigenvalue weighted by atomic mass is 16.4. The summed E-state index contributed by atoms with van der Waals surface area (Å²) in [7, 11) is 0. The molecule has 27 heavy (non-hydrogen) atoms. The SMILES string of the molecule is C[C@]12CC[C@H](O)CC1=CC[C@@H]1[C@@H]2CC[C@@]2(C)[C@H]1CC[C@@]2(O)CCC(=O)O.N. The van der Waals surface area contributed by atoms with Crippen LogP contribution in [0.25, 0.3) is 0 Å². The van der Waals surface area contributed by atoms with Gasteiger partial charge in [0, 0.05) is 6.42 Å². The number of rotatable bonds is 3. The summed E-state index contributed by atoms with van der Waals surface area (Å²) in [4.78, 5) is 11.1. The molecule has 0 aliphatic heterocycles. The summed E-state index contributed by atoms with van der Waals surface area (Å²) in [5.74, 6) is 0.922. The first-order valence-electron chi connectivity index (χ1n) is 10.5. The molecular weight excluding hydrogens is 342 g/mol. The molecule has 0 aromatic heterocycles. The Bertz CT molecular complexity index is 634. The van der Waals surface area contributed by atoms with Crippen LogP contribution in [0.2, 0.25) is 0 Å². The molecule has 3 fully saturated rings. The van der Waals surface area contributed by atoms with Crippen molar-refractivity contribution < 1.29 is 20.1 Å². The first-order valence-corrected chi connectivity index (χ1v) is 10.5. The minimum absolute atomic E-state index is 0. The Balaban J connectivity index is 0.00000210. The van der Waals surface area contributed by atoms with E-state index in [-0.39, 0.29) is 29.5 Å². The van der Waals surface area contributed by atoms with Crippen LogP contribution in [-0.4, -0.2) is 33.0 Å². The van der Waals surface area contributed by atoms with E-state index in [1.165, 1.54) is 5.57 Å². The van der Waals surface area contributed by atoms with Crippen LogP contribution >= 0.6 is 0 Å². The summed E-state index contributed by atoms with van der Waals surface area (Å²) < 4.78 is 0. The van der Waals surface area contributed by atoms with Gasteiger partial charge < -0.3 is 21.5 Å². The van der Waals surface area contributed by atoms with Crippen molar-refractivity contribution in [2.45, 2.75) is 89.8 Å². The van der Waals surface area contributed by atoms with Gasteiger partial charge in [-0.1, -0.05) is 25.5 Å². The van der Waals surface area contributed by atoms with Crippen molar-refractivity contribution in [1.29, 1.82) is 0 Å². The van der Waals surface area contributed by atoms with Crippen LogP contribution in [0, 0.1) is 28.6 Å². The smallest absolute Gasteiger partial charge is 0.303 e. The molecule has 0 saturated heterocycles. The fourth-order valence-corrected chi connectivity index (χ4v) is 7.48. The normalized spacial score (nSPS) is 48.5. The van der Waals surface area contributed by atoms with Gasteiger partial charge in [0.05, 0.1) is 11.7 Å². The van der Waals surface area contributed by atoms with Gasteiger partial charge in [0.2, 0.25) is 0 Å². The highest BCUT2D eigenvalue weighted by molar-refractivity contribution is 5.66. The Morgan fingerprint density at radius 3 is 2.56 bits per heavy atom. The molecule has 0 heterocycles. The molecule has 0 radical (unpaired) electrons. The van der Waals surface area contributed by atoms with Gasteiger partial charge in [-0.15, -0.1) is 0 Å². The van der Waals surface area contributed by atoms with Gasteiger partial charge in [-0.05, 0) is 86.4 Å². The van der Waals surface area contributed by atoms with Crippen molar-refractivity contribution >= 4 is 5.97 Å². The molecule has 0 unspecified atom stereocenters. The van der Waals surface area contributed by atoms with Crippen LogP contribution in [0.4, 0.5) is 0 Å². The maximum Gasteiger partial charge on any atom is 0.303 e. The minimum Gasteiger partial charge on any atom is -0.481 e. The predicted octanol–water partition coefficient (Wildman–Crippen LogP) is 4.07. The zero-order valence-corrected chi connectivity index (χ0v) is 16.9. The van der Waals surface area contributed by atoms with Gasteiger partial charge in [-0.3, -0.25) is 4.79 Å². The number of allylic oxidation sites excluding steroid dienone is 1. The zero-order valence-electron chi connectivity index (χ0n) is 16.9. The van der Waals surface area contributed by atoms with E-state index in [1.807, 2.05) is 0 Å². The van der Waals surface area contributed by atoms with Gasteiger partial charge in [-0.2, -0.15) is 0 Å². The third-order valence-corrected chi connectivity index (χ3v) is 9.15. The number of hydrogen-bond acceptors (Lipinski definition) is 4. The Morgan fingerprint density at radius 2 is 1.85 bits per heavy atom. The van der Waals surface area contributed by atoms with E-state index in [4.69, 9.17) is 5.11 Å². The van der Waals surface area contributed by atoms with E-state index >= 15 is 0 Å². The van der Waals surface area contributed by atoms with E-state index in [1.54, 1.807) is 0 Å². The highest BCUT2D eigenvalue weighted by Gasteiger charge is 2.63. The van der Waals surface area contributed by atoms with Crippen molar-refractivity contribution in [1.82, 2.24) is 6.15 Å². The van der Waals surface area contributed by atoms with E-state index < -0.39 is 11.6 Å². The average molecular weight is 380 g/mol. The van der Waals surface area contributed by atoms with Gasteiger partial charge in [0.1, 0.15) is 0 Å². The third kappa shape index (κ3) is 2.97. The molecule has 7 atom stereocenters. The fourth-order valence-electron chi connectivity index (χ4n) is 7.48. The Hall–Kier alpha value is -0.910. The quantitative estimate of drug-likeness (QED) is 0.552. The molecule has 5 nitrogen and oxygen atoms in total. The molecule has 0 spiro atoms. The lowest BCUT2D eigenvalue weighted by molar-refractivity contribution is -0.146. The molecule has 0 aromatic rings. The van der Waals surface area contributed by atoms with Crippen LogP contribution in [0.1, 0.15) is 78.1 Å². The average Bonchev–Trinajstić information content (AvgIpc) is 2.86. The summed E-state index contributed by atoms with van der Waals surface area (Å²) in [5, 5.41) is 30.6. The maximum absolute atomic E-state index is 11.4. The van der Waals surface area contributed by atoms with Crippen molar-refractivity contribution in [3.63, 3.8) is 0 Å².